The van der Waals surface area contributed by atoms with Gasteiger partial charge in [0.15, 0.2) is 0 Å². The molecule has 0 radical (unpaired) electrons. The van der Waals surface area contributed by atoms with Gasteiger partial charge in [-0.1, -0.05) is 46.7 Å². The molecule has 2 heterocycles. The maximum Gasteiger partial charge on any atom is 0.143 e. The van der Waals surface area contributed by atoms with Gasteiger partial charge in [-0.3, -0.25) is 0 Å². The number of hydrogen-bond acceptors (Lipinski definition) is 3. The smallest absolute Gasteiger partial charge is 0.143 e. The van der Waals surface area contributed by atoms with Crippen LogP contribution in [0.5, 0.6) is 0 Å². The van der Waals surface area contributed by atoms with Crippen molar-refractivity contribution >= 4 is 0 Å². The molecule has 3 nitrogen and oxygen atoms in total. The molecule has 0 aliphatic carbocycles. The summed E-state index contributed by atoms with van der Waals surface area (Å²) in [6, 6.07) is 0. The average Bonchev–Trinajstić information content (AvgIpc) is 2.69. The van der Waals surface area contributed by atoms with Gasteiger partial charge in [0.05, 0.1) is 11.8 Å². The number of aromatic nitrogens is 1. The van der Waals surface area contributed by atoms with Gasteiger partial charge >= 0.3 is 0 Å². The van der Waals surface area contributed by atoms with Crippen molar-refractivity contribution in [1.82, 2.24) is 5.16 Å². The van der Waals surface area contributed by atoms with Crippen LogP contribution in [0, 0.1) is 18.3 Å². The largest absolute Gasteiger partial charge is 0.378 e. The van der Waals surface area contributed by atoms with Crippen molar-refractivity contribution < 1.29 is 9.26 Å². The minimum absolute atomic E-state index is 0.0670. The molecule has 21 heavy (non-hydrogen) atoms. The molecule has 1 aliphatic rings. The lowest BCUT2D eigenvalue weighted by molar-refractivity contribution is -0.0366. The lowest BCUT2D eigenvalue weighted by Crippen LogP contribution is -2.34. The van der Waals surface area contributed by atoms with E-state index < -0.39 is 0 Å². The van der Waals surface area contributed by atoms with Crippen LogP contribution < -0.4 is 0 Å². The average molecular weight is 293 g/mol. The van der Waals surface area contributed by atoms with E-state index in [-0.39, 0.29) is 11.5 Å². The van der Waals surface area contributed by atoms with E-state index in [0.717, 1.165) is 36.8 Å². The van der Waals surface area contributed by atoms with Crippen LogP contribution in [0.3, 0.4) is 0 Å². The third-order valence-electron chi connectivity index (χ3n) is 4.69. The fraction of sp³-hybridized carbons (Fsp3) is 0.833. The number of nitrogens with zero attached hydrogens (tertiary/aromatic N) is 1. The molecule has 1 aromatic rings. The second-order valence-corrected chi connectivity index (χ2v) is 8.60. The van der Waals surface area contributed by atoms with Crippen LogP contribution in [0.2, 0.25) is 0 Å². The van der Waals surface area contributed by atoms with E-state index in [1.54, 1.807) is 0 Å². The zero-order valence-corrected chi connectivity index (χ0v) is 14.7. The Labute approximate surface area is 129 Å². The standard InChI is InChI=1S/C18H31NO2/c1-12-16(18(5,6)7)15(21-19-12)11-14-10-13(8-9-20-14)17(2,3)4/h13-14H,8-11H2,1-7H3. The minimum Gasteiger partial charge on any atom is -0.378 e. The molecule has 1 aromatic heterocycles. The molecule has 3 heteroatoms. The quantitative estimate of drug-likeness (QED) is 0.795. The minimum atomic E-state index is 0.0670. The van der Waals surface area contributed by atoms with Gasteiger partial charge in [0.1, 0.15) is 5.76 Å². The van der Waals surface area contributed by atoms with E-state index in [9.17, 15) is 0 Å². The van der Waals surface area contributed by atoms with Gasteiger partial charge in [-0.15, -0.1) is 0 Å². The summed E-state index contributed by atoms with van der Waals surface area (Å²) in [6.07, 6.45) is 3.39. The summed E-state index contributed by atoms with van der Waals surface area (Å²) < 4.78 is 11.6. The first kappa shape index (κ1) is 16.5. The molecule has 1 saturated heterocycles. The molecule has 2 rings (SSSR count). The van der Waals surface area contributed by atoms with E-state index in [1.165, 1.54) is 12.0 Å². The van der Waals surface area contributed by atoms with Crippen LogP contribution in [0.15, 0.2) is 4.52 Å². The van der Waals surface area contributed by atoms with Crippen LogP contribution in [0.4, 0.5) is 0 Å². The molecule has 0 saturated carbocycles. The molecular formula is C18H31NO2. The van der Waals surface area contributed by atoms with Gasteiger partial charge in [0.25, 0.3) is 0 Å². The van der Waals surface area contributed by atoms with E-state index in [0.29, 0.717) is 5.41 Å². The number of aryl methyl sites for hydroxylation is 1. The predicted molar refractivity (Wildman–Crippen MR) is 85.6 cm³/mol. The van der Waals surface area contributed by atoms with Gasteiger partial charge in [-0.05, 0) is 36.5 Å². The monoisotopic (exact) mass is 293 g/mol. The van der Waals surface area contributed by atoms with Crippen molar-refractivity contribution in [2.24, 2.45) is 11.3 Å². The van der Waals surface area contributed by atoms with Gasteiger partial charge in [-0.2, -0.15) is 0 Å². The highest BCUT2D eigenvalue weighted by Gasteiger charge is 2.33. The third kappa shape index (κ3) is 3.88. The normalized spacial score (nSPS) is 24.3. The Bertz CT molecular complexity index is 476. The maximum atomic E-state index is 6.00. The Morgan fingerprint density at radius 2 is 1.81 bits per heavy atom. The first-order valence-corrected chi connectivity index (χ1v) is 8.16. The maximum absolute atomic E-state index is 6.00. The van der Waals surface area contributed by atoms with Crippen LogP contribution in [0.1, 0.15) is 71.4 Å². The molecule has 0 bridgehead atoms. The Morgan fingerprint density at radius 3 is 2.38 bits per heavy atom. The van der Waals surface area contributed by atoms with Crippen molar-refractivity contribution in [3.05, 3.63) is 17.0 Å². The van der Waals surface area contributed by atoms with E-state index in [4.69, 9.17) is 9.26 Å². The molecular weight excluding hydrogens is 262 g/mol. The molecule has 2 atom stereocenters. The Hall–Kier alpha value is -0.830. The molecule has 120 valence electrons. The fourth-order valence-electron chi connectivity index (χ4n) is 3.53. The van der Waals surface area contributed by atoms with E-state index >= 15 is 0 Å². The summed E-state index contributed by atoms with van der Waals surface area (Å²) in [6.45, 7) is 16.6. The second-order valence-electron chi connectivity index (χ2n) is 8.60. The van der Waals surface area contributed by atoms with Crippen molar-refractivity contribution in [3.63, 3.8) is 0 Å². The van der Waals surface area contributed by atoms with Gasteiger partial charge in [0, 0.05) is 18.6 Å². The number of hydrogen-bond donors (Lipinski definition) is 0. The third-order valence-corrected chi connectivity index (χ3v) is 4.69. The predicted octanol–water partition coefficient (Wildman–Crippen LogP) is 4.66. The first-order chi connectivity index (χ1) is 9.59. The molecule has 0 spiro atoms. The molecule has 0 N–H and O–H groups in total. The van der Waals surface area contributed by atoms with Crippen LogP contribution in [-0.4, -0.2) is 17.9 Å². The lowest BCUT2D eigenvalue weighted by atomic mass is 9.74. The van der Waals surface area contributed by atoms with Crippen LogP contribution >= 0.6 is 0 Å². The number of rotatable bonds is 2. The SMILES string of the molecule is Cc1noc(CC2CC(C(C)(C)C)CCO2)c1C(C)(C)C. The van der Waals surface area contributed by atoms with E-state index in [1.807, 2.05) is 6.92 Å². The zero-order chi connectivity index (χ0) is 15.8. The summed E-state index contributed by atoms with van der Waals surface area (Å²) in [5.74, 6) is 1.73. The summed E-state index contributed by atoms with van der Waals surface area (Å²) in [5.41, 5.74) is 2.69. The molecule has 2 unspecified atom stereocenters. The highest BCUT2D eigenvalue weighted by atomic mass is 16.5. The fourth-order valence-corrected chi connectivity index (χ4v) is 3.53. The summed E-state index contributed by atoms with van der Waals surface area (Å²) in [7, 11) is 0. The van der Waals surface area contributed by atoms with Crippen LogP contribution in [0.25, 0.3) is 0 Å². The van der Waals surface area contributed by atoms with Crippen molar-refractivity contribution in [2.75, 3.05) is 6.61 Å². The molecule has 0 aromatic carbocycles. The first-order valence-electron chi connectivity index (χ1n) is 8.16. The topological polar surface area (TPSA) is 35.3 Å². The summed E-state index contributed by atoms with van der Waals surface area (Å²) in [4.78, 5) is 0. The lowest BCUT2D eigenvalue weighted by Gasteiger charge is -2.37. The van der Waals surface area contributed by atoms with Crippen molar-refractivity contribution in [1.29, 1.82) is 0 Å². The summed E-state index contributed by atoms with van der Waals surface area (Å²) in [5, 5.41) is 4.19. The highest BCUT2D eigenvalue weighted by Crippen LogP contribution is 2.37. The van der Waals surface area contributed by atoms with Crippen LogP contribution in [-0.2, 0) is 16.6 Å². The van der Waals surface area contributed by atoms with E-state index in [2.05, 4.69) is 46.7 Å². The molecule has 0 amide bonds. The van der Waals surface area contributed by atoms with Gasteiger partial charge in [-0.25, -0.2) is 0 Å². The zero-order valence-electron chi connectivity index (χ0n) is 14.7. The highest BCUT2D eigenvalue weighted by molar-refractivity contribution is 5.30. The Morgan fingerprint density at radius 1 is 1.14 bits per heavy atom. The summed E-state index contributed by atoms with van der Waals surface area (Å²) >= 11 is 0. The Balaban J connectivity index is 2.12. The van der Waals surface area contributed by atoms with Gasteiger partial charge in [0.2, 0.25) is 0 Å². The second kappa shape index (κ2) is 5.75. The van der Waals surface area contributed by atoms with Crippen molar-refractivity contribution in [2.45, 2.75) is 79.2 Å². The Kier molecular flexibility index (Phi) is 4.53. The number of ether oxygens (including phenoxy) is 1. The molecule has 1 aliphatic heterocycles. The van der Waals surface area contributed by atoms with Gasteiger partial charge < -0.3 is 9.26 Å². The molecule has 1 fully saturated rings. The van der Waals surface area contributed by atoms with Crippen molar-refractivity contribution in [3.8, 4) is 0 Å².